The smallest absolute Gasteiger partial charge is 0.339 e. The van der Waals surface area contributed by atoms with Gasteiger partial charge in [-0.25, -0.2) is 9.78 Å². The lowest BCUT2D eigenvalue weighted by atomic mass is 9.98. The number of hydrogen-bond donors (Lipinski definition) is 2. The second kappa shape index (κ2) is 4.66. The van der Waals surface area contributed by atoms with Gasteiger partial charge in [0.1, 0.15) is 11.4 Å². The maximum Gasteiger partial charge on any atom is 0.339 e. The van der Waals surface area contributed by atoms with Crippen molar-refractivity contribution in [3.63, 3.8) is 0 Å². The second-order valence-electron chi connectivity index (χ2n) is 4.49. The number of nitrogens with two attached hydrogens (primary N) is 1. The van der Waals surface area contributed by atoms with Crippen LogP contribution in [-0.4, -0.2) is 16.1 Å². The summed E-state index contributed by atoms with van der Waals surface area (Å²) in [5.74, 6) is -1.04. The van der Waals surface area contributed by atoms with Crippen molar-refractivity contribution in [1.29, 1.82) is 0 Å². The standard InChI is InChI=1S/C16H12N2O2/c17-15-14(16(19)20)8-11(9-18-15)13-7-3-5-10-4-1-2-6-12(10)13/h1-9H,(H2,17,18)(H,19,20). The van der Waals surface area contributed by atoms with Gasteiger partial charge in [-0.2, -0.15) is 0 Å². The van der Waals surface area contributed by atoms with Gasteiger partial charge < -0.3 is 10.8 Å². The molecule has 0 unspecified atom stereocenters. The number of carboxylic acid groups (broad SMARTS) is 1. The molecule has 0 saturated carbocycles. The maximum atomic E-state index is 11.1. The van der Waals surface area contributed by atoms with Gasteiger partial charge in [-0.05, 0) is 22.4 Å². The Hall–Kier alpha value is -2.88. The first-order valence-electron chi connectivity index (χ1n) is 6.14. The topological polar surface area (TPSA) is 76.2 Å². The molecule has 98 valence electrons. The van der Waals surface area contributed by atoms with Crippen LogP contribution in [0.2, 0.25) is 0 Å². The molecule has 1 heterocycles. The van der Waals surface area contributed by atoms with Crippen molar-refractivity contribution in [3.8, 4) is 11.1 Å². The Kier molecular flexibility index (Phi) is 2.84. The van der Waals surface area contributed by atoms with Crippen molar-refractivity contribution in [3.05, 3.63) is 60.3 Å². The highest BCUT2D eigenvalue weighted by Gasteiger charge is 2.12. The molecule has 0 amide bonds. The van der Waals surface area contributed by atoms with E-state index in [0.29, 0.717) is 0 Å². The van der Waals surface area contributed by atoms with Gasteiger partial charge in [0.25, 0.3) is 0 Å². The predicted molar refractivity (Wildman–Crippen MR) is 78.6 cm³/mol. The molecule has 1 aromatic heterocycles. The summed E-state index contributed by atoms with van der Waals surface area (Å²) in [7, 11) is 0. The third-order valence-corrected chi connectivity index (χ3v) is 3.25. The van der Waals surface area contributed by atoms with Gasteiger partial charge in [0, 0.05) is 11.8 Å². The molecular formula is C16H12N2O2. The number of fused-ring (bicyclic) bond motifs is 1. The quantitative estimate of drug-likeness (QED) is 0.745. The maximum absolute atomic E-state index is 11.1. The van der Waals surface area contributed by atoms with Gasteiger partial charge in [0.05, 0.1) is 0 Å². The van der Waals surface area contributed by atoms with Crippen LogP contribution < -0.4 is 5.73 Å². The molecule has 0 bridgehead atoms. The molecule has 4 heteroatoms. The highest BCUT2D eigenvalue weighted by molar-refractivity contribution is 5.99. The lowest BCUT2D eigenvalue weighted by Crippen LogP contribution is -2.04. The molecule has 20 heavy (non-hydrogen) atoms. The van der Waals surface area contributed by atoms with Crippen LogP contribution in [-0.2, 0) is 0 Å². The average molecular weight is 264 g/mol. The number of nitrogens with zero attached hydrogens (tertiary/aromatic N) is 1. The van der Waals surface area contributed by atoms with E-state index in [1.54, 1.807) is 12.3 Å². The normalized spacial score (nSPS) is 10.6. The Morgan fingerprint density at radius 3 is 2.65 bits per heavy atom. The van der Waals surface area contributed by atoms with Crippen LogP contribution in [0, 0.1) is 0 Å². The molecule has 0 atom stereocenters. The number of pyridine rings is 1. The Bertz CT molecular complexity index is 807. The Labute approximate surface area is 115 Å². The third kappa shape index (κ3) is 1.97. The number of rotatable bonds is 2. The van der Waals surface area contributed by atoms with Gasteiger partial charge >= 0.3 is 5.97 Å². The van der Waals surface area contributed by atoms with Gasteiger partial charge in [0.2, 0.25) is 0 Å². The van der Waals surface area contributed by atoms with E-state index >= 15 is 0 Å². The lowest BCUT2D eigenvalue weighted by Gasteiger charge is -2.08. The molecule has 0 saturated heterocycles. The third-order valence-electron chi connectivity index (χ3n) is 3.25. The summed E-state index contributed by atoms with van der Waals surface area (Å²) in [5, 5.41) is 11.3. The van der Waals surface area contributed by atoms with Gasteiger partial charge in [0.15, 0.2) is 0 Å². The van der Waals surface area contributed by atoms with Crippen LogP contribution in [0.15, 0.2) is 54.7 Å². The SMILES string of the molecule is Nc1ncc(-c2cccc3ccccc23)cc1C(=O)O. The number of nitrogen functional groups attached to an aromatic ring is 1. The van der Waals surface area contributed by atoms with Crippen LogP contribution in [0.1, 0.15) is 10.4 Å². The summed E-state index contributed by atoms with van der Waals surface area (Å²) in [6.07, 6.45) is 1.60. The molecule has 0 radical (unpaired) electrons. The largest absolute Gasteiger partial charge is 0.478 e. The Morgan fingerprint density at radius 2 is 1.85 bits per heavy atom. The summed E-state index contributed by atoms with van der Waals surface area (Å²) in [6.45, 7) is 0. The summed E-state index contributed by atoms with van der Waals surface area (Å²) >= 11 is 0. The summed E-state index contributed by atoms with van der Waals surface area (Å²) < 4.78 is 0. The minimum Gasteiger partial charge on any atom is -0.478 e. The molecule has 0 spiro atoms. The number of benzene rings is 2. The van der Waals surface area contributed by atoms with Crippen LogP contribution in [0.4, 0.5) is 5.82 Å². The second-order valence-corrected chi connectivity index (χ2v) is 4.49. The molecule has 0 aliphatic rings. The highest BCUT2D eigenvalue weighted by atomic mass is 16.4. The number of carboxylic acids is 1. The van der Waals surface area contributed by atoms with Gasteiger partial charge in [-0.1, -0.05) is 42.5 Å². The number of aromatic carboxylic acids is 1. The van der Waals surface area contributed by atoms with Crippen molar-refractivity contribution in [2.75, 3.05) is 5.73 Å². The van der Waals surface area contributed by atoms with E-state index in [2.05, 4.69) is 4.98 Å². The summed E-state index contributed by atoms with van der Waals surface area (Å²) in [4.78, 5) is 15.1. The summed E-state index contributed by atoms with van der Waals surface area (Å²) in [6, 6.07) is 15.4. The number of anilines is 1. The van der Waals surface area contributed by atoms with E-state index < -0.39 is 5.97 Å². The molecule has 0 aliphatic carbocycles. The number of hydrogen-bond acceptors (Lipinski definition) is 3. The molecule has 0 aliphatic heterocycles. The van der Waals surface area contributed by atoms with Crippen LogP contribution in [0.3, 0.4) is 0 Å². The van der Waals surface area contributed by atoms with Crippen LogP contribution in [0.5, 0.6) is 0 Å². The van der Waals surface area contributed by atoms with E-state index in [9.17, 15) is 4.79 Å². The Balaban J connectivity index is 2.26. The highest BCUT2D eigenvalue weighted by Crippen LogP contribution is 2.29. The molecule has 0 fully saturated rings. The minimum atomic E-state index is -1.07. The van der Waals surface area contributed by atoms with E-state index in [4.69, 9.17) is 10.8 Å². The van der Waals surface area contributed by atoms with Crippen molar-refractivity contribution >= 4 is 22.6 Å². The molecule has 3 N–H and O–H groups in total. The fourth-order valence-electron chi connectivity index (χ4n) is 2.27. The minimum absolute atomic E-state index is 0.0236. The lowest BCUT2D eigenvalue weighted by molar-refractivity contribution is 0.0697. The molecule has 2 aromatic carbocycles. The molecule has 3 aromatic rings. The number of aromatic nitrogens is 1. The first-order chi connectivity index (χ1) is 9.66. The zero-order valence-electron chi connectivity index (χ0n) is 10.6. The van der Waals surface area contributed by atoms with Crippen molar-refractivity contribution in [2.45, 2.75) is 0 Å². The van der Waals surface area contributed by atoms with E-state index in [1.165, 1.54) is 0 Å². The first kappa shape index (κ1) is 12.2. The van der Waals surface area contributed by atoms with Crippen molar-refractivity contribution in [1.82, 2.24) is 4.98 Å². The molecule has 4 nitrogen and oxygen atoms in total. The van der Waals surface area contributed by atoms with Crippen molar-refractivity contribution in [2.24, 2.45) is 0 Å². The molecular weight excluding hydrogens is 252 g/mol. The summed E-state index contributed by atoms with van der Waals surface area (Å²) in [5.41, 5.74) is 7.30. The average Bonchev–Trinajstić information content (AvgIpc) is 2.47. The van der Waals surface area contributed by atoms with E-state index in [0.717, 1.165) is 21.9 Å². The van der Waals surface area contributed by atoms with Crippen LogP contribution in [0.25, 0.3) is 21.9 Å². The van der Waals surface area contributed by atoms with Gasteiger partial charge in [-0.15, -0.1) is 0 Å². The zero-order valence-corrected chi connectivity index (χ0v) is 10.6. The first-order valence-corrected chi connectivity index (χ1v) is 6.14. The predicted octanol–water partition coefficient (Wildman–Crippen LogP) is 3.18. The Morgan fingerprint density at radius 1 is 1.10 bits per heavy atom. The van der Waals surface area contributed by atoms with Crippen LogP contribution >= 0.6 is 0 Å². The number of carbonyl (C=O) groups is 1. The van der Waals surface area contributed by atoms with Gasteiger partial charge in [-0.3, -0.25) is 0 Å². The zero-order chi connectivity index (χ0) is 14.1. The fraction of sp³-hybridized carbons (Fsp3) is 0. The molecule has 3 rings (SSSR count). The van der Waals surface area contributed by atoms with E-state index in [1.807, 2.05) is 42.5 Å². The van der Waals surface area contributed by atoms with E-state index in [-0.39, 0.29) is 11.4 Å². The monoisotopic (exact) mass is 264 g/mol. The van der Waals surface area contributed by atoms with Crippen molar-refractivity contribution < 1.29 is 9.90 Å². The fourth-order valence-corrected chi connectivity index (χ4v) is 2.27.